The second kappa shape index (κ2) is 8.84. The Morgan fingerprint density at radius 2 is 1.58 bits per heavy atom. The number of hydrogen-bond acceptors (Lipinski definition) is 3. The van der Waals surface area contributed by atoms with E-state index in [0.717, 1.165) is 16.8 Å². The van der Waals surface area contributed by atoms with E-state index in [1.54, 1.807) is 7.11 Å². The first-order valence-corrected chi connectivity index (χ1v) is 8.93. The van der Waals surface area contributed by atoms with Gasteiger partial charge in [-0.1, -0.05) is 47.5 Å². The van der Waals surface area contributed by atoms with Gasteiger partial charge in [0.15, 0.2) is 11.5 Å². The molecule has 3 nitrogen and oxygen atoms in total. The summed E-state index contributed by atoms with van der Waals surface area (Å²) in [6, 6.07) is 21.1. The molecule has 0 heterocycles. The van der Waals surface area contributed by atoms with Crippen LogP contribution in [0.5, 0.6) is 11.5 Å². The fourth-order valence-electron chi connectivity index (χ4n) is 2.49. The van der Waals surface area contributed by atoms with E-state index in [4.69, 9.17) is 32.7 Å². The summed E-state index contributed by atoms with van der Waals surface area (Å²) in [5.74, 6) is 1.40. The molecule has 1 N–H and O–H groups in total. The van der Waals surface area contributed by atoms with Crippen LogP contribution in [-0.2, 0) is 13.2 Å². The molecule has 3 aromatic rings. The first-order chi connectivity index (χ1) is 12.6. The van der Waals surface area contributed by atoms with Gasteiger partial charge in [-0.05, 0) is 53.6 Å². The molecule has 0 saturated heterocycles. The standard InChI is InChI=1S/C21H19Cl2NO2/c1-25-21-11-16(13-24-19-4-2-3-18(23)12-19)7-10-20(21)26-14-15-5-8-17(22)9-6-15/h2-12,24H,13-14H2,1H3. The van der Waals surface area contributed by atoms with Gasteiger partial charge in [0, 0.05) is 22.3 Å². The lowest BCUT2D eigenvalue weighted by Crippen LogP contribution is -2.01. The van der Waals surface area contributed by atoms with E-state index in [1.807, 2.05) is 66.7 Å². The third kappa shape index (κ3) is 5.07. The molecule has 0 fully saturated rings. The van der Waals surface area contributed by atoms with Gasteiger partial charge in [0.05, 0.1) is 7.11 Å². The zero-order valence-corrected chi connectivity index (χ0v) is 15.8. The molecular formula is C21H19Cl2NO2. The Kier molecular flexibility index (Phi) is 6.26. The van der Waals surface area contributed by atoms with Crippen LogP contribution in [0.25, 0.3) is 0 Å². The van der Waals surface area contributed by atoms with E-state index in [1.165, 1.54) is 0 Å². The maximum atomic E-state index is 6.01. The molecule has 0 spiro atoms. The van der Waals surface area contributed by atoms with Crippen molar-refractivity contribution in [2.45, 2.75) is 13.2 Å². The number of benzene rings is 3. The fourth-order valence-corrected chi connectivity index (χ4v) is 2.80. The third-order valence-corrected chi connectivity index (χ3v) is 4.34. The van der Waals surface area contributed by atoms with E-state index >= 15 is 0 Å². The predicted molar refractivity (Wildman–Crippen MR) is 108 cm³/mol. The minimum absolute atomic E-state index is 0.452. The average molecular weight is 388 g/mol. The maximum Gasteiger partial charge on any atom is 0.161 e. The Hall–Kier alpha value is -2.36. The van der Waals surface area contributed by atoms with Crippen molar-refractivity contribution in [3.8, 4) is 11.5 Å². The van der Waals surface area contributed by atoms with Crippen LogP contribution in [-0.4, -0.2) is 7.11 Å². The number of ether oxygens (including phenoxy) is 2. The Morgan fingerprint density at radius 3 is 2.31 bits per heavy atom. The lowest BCUT2D eigenvalue weighted by Gasteiger charge is -2.13. The summed E-state index contributed by atoms with van der Waals surface area (Å²) in [5, 5.41) is 4.76. The normalized spacial score (nSPS) is 10.4. The zero-order valence-electron chi connectivity index (χ0n) is 14.3. The lowest BCUT2D eigenvalue weighted by atomic mass is 10.2. The van der Waals surface area contributed by atoms with Gasteiger partial charge in [0.2, 0.25) is 0 Å². The molecule has 0 bridgehead atoms. The molecule has 0 amide bonds. The Bertz CT molecular complexity index is 866. The van der Waals surface area contributed by atoms with Crippen LogP contribution in [0.3, 0.4) is 0 Å². The number of nitrogens with one attached hydrogen (secondary N) is 1. The Morgan fingerprint density at radius 1 is 0.808 bits per heavy atom. The monoisotopic (exact) mass is 387 g/mol. The SMILES string of the molecule is COc1cc(CNc2cccc(Cl)c2)ccc1OCc1ccc(Cl)cc1. The second-order valence-electron chi connectivity index (χ2n) is 5.76. The first-order valence-electron chi connectivity index (χ1n) is 8.17. The van der Waals surface area contributed by atoms with Crippen LogP contribution in [0, 0.1) is 0 Å². The van der Waals surface area contributed by atoms with Gasteiger partial charge < -0.3 is 14.8 Å². The van der Waals surface area contributed by atoms with Crippen molar-refractivity contribution in [3.63, 3.8) is 0 Å². The summed E-state index contributed by atoms with van der Waals surface area (Å²) in [7, 11) is 1.64. The van der Waals surface area contributed by atoms with Crippen LogP contribution in [0.4, 0.5) is 5.69 Å². The van der Waals surface area contributed by atoms with Gasteiger partial charge >= 0.3 is 0 Å². The summed E-state index contributed by atoms with van der Waals surface area (Å²) >= 11 is 11.9. The van der Waals surface area contributed by atoms with Crippen LogP contribution >= 0.6 is 23.2 Å². The topological polar surface area (TPSA) is 30.5 Å². The molecule has 0 aliphatic rings. The van der Waals surface area contributed by atoms with E-state index < -0.39 is 0 Å². The quantitative estimate of drug-likeness (QED) is 0.523. The maximum absolute atomic E-state index is 6.01. The van der Waals surface area contributed by atoms with Crippen LogP contribution < -0.4 is 14.8 Å². The molecule has 0 aliphatic heterocycles. The summed E-state index contributed by atoms with van der Waals surface area (Å²) in [6.45, 7) is 1.11. The summed E-state index contributed by atoms with van der Waals surface area (Å²) in [6.07, 6.45) is 0. The second-order valence-corrected chi connectivity index (χ2v) is 6.64. The zero-order chi connectivity index (χ0) is 18.4. The number of hydrogen-bond donors (Lipinski definition) is 1. The Balaban J connectivity index is 1.64. The van der Waals surface area contributed by atoms with Crippen molar-refractivity contribution in [1.82, 2.24) is 0 Å². The van der Waals surface area contributed by atoms with Gasteiger partial charge in [0.25, 0.3) is 0 Å². The molecule has 5 heteroatoms. The number of rotatable bonds is 7. The van der Waals surface area contributed by atoms with Crippen molar-refractivity contribution < 1.29 is 9.47 Å². The van der Waals surface area contributed by atoms with Crippen molar-refractivity contribution in [1.29, 1.82) is 0 Å². The molecule has 134 valence electrons. The van der Waals surface area contributed by atoms with Crippen molar-refractivity contribution in [3.05, 3.63) is 87.9 Å². The molecule has 0 saturated carbocycles. The molecule has 0 radical (unpaired) electrons. The molecule has 3 aromatic carbocycles. The fraction of sp³-hybridized carbons (Fsp3) is 0.143. The van der Waals surface area contributed by atoms with Gasteiger partial charge in [-0.3, -0.25) is 0 Å². The smallest absolute Gasteiger partial charge is 0.161 e. The van der Waals surface area contributed by atoms with E-state index in [0.29, 0.717) is 34.7 Å². The molecule has 26 heavy (non-hydrogen) atoms. The van der Waals surface area contributed by atoms with Gasteiger partial charge in [-0.25, -0.2) is 0 Å². The van der Waals surface area contributed by atoms with Gasteiger partial charge in [-0.15, -0.1) is 0 Å². The highest BCUT2D eigenvalue weighted by Gasteiger charge is 2.07. The minimum Gasteiger partial charge on any atom is -0.493 e. The summed E-state index contributed by atoms with van der Waals surface area (Å²) in [5.41, 5.74) is 3.10. The molecule has 0 aliphatic carbocycles. The third-order valence-electron chi connectivity index (χ3n) is 3.86. The summed E-state index contributed by atoms with van der Waals surface area (Å²) < 4.78 is 11.4. The van der Waals surface area contributed by atoms with Crippen LogP contribution in [0.15, 0.2) is 66.7 Å². The Labute approximate surface area is 163 Å². The number of methoxy groups -OCH3 is 1. The highest BCUT2D eigenvalue weighted by molar-refractivity contribution is 6.31. The molecule has 3 rings (SSSR count). The first kappa shape index (κ1) is 18.4. The number of anilines is 1. The van der Waals surface area contributed by atoms with E-state index in [2.05, 4.69) is 5.32 Å². The van der Waals surface area contributed by atoms with Crippen molar-refractivity contribution in [2.24, 2.45) is 0 Å². The summed E-state index contributed by atoms with van der Waals surface area (Å²) in [4.78, 5) is 0. The van der Waals surface area contributed by atoms with Crippen LogP contribution in [0.1, 0.15) is 11.1 Å². The highest BCUT2D eigenvalue weighted by Crippen LogP contribution is 2.29. The van der Waals surface area contributed by atoms with Crippen LogP contribution in [0.2, 0.25) is 10.0 Å². The predicted octanol–water partition coefficient (Wildman–Crippen LogP) is 6.19. The van der Waals surface area contributed by atoms with Crippen molar-refractivity contribution >= 4 is 28.9 Å². The van der Waals surface area contributed by atoms with Crippen molar-refractivity contribution in [2.75, 3.05) is 12.4 Å². The average Bonchev–Trinajstić information content (AvgIpc) is 2.66. The van der Waals surface area contributed by atoms with E-state index in [9.17, 15) is 0 Å². The minimum atomic E-state index is 0.452. The molecular weight excluding hydrogens is 369 g/mol. The van der Waals surface area contributed by atoms with E-state index in [-0.39, 0.29) is 0 Å². The lowest BCUT2D eigenvalue weighted by molar-refractivity contribution is 0.284. The van der Waals surface area contributed by atoms with Gasteiger partial charge in [0.1, 0.15) is 6.61 Å². The van der Waals surface area contributed by atoms with Gasteiger partial charge in [-0.2, -0.15) is 0 Å². The number of halogens is 2. The molecule has 0 unspecified atom stereocenters. The molecule has 0 aromatic heterocycles. The largest absolute Gasteiger partial charge is 0.493 e. The highest BCUT2D eigenvalue weighted by atomic mass is 35.5. The molecule has 0 atom stereocenters.